The van der Waals surface area contributed by atoms with Crippen molar-refractivity contribution in [1.82, 2.24) is 5.32 Å². The molecule has 1 rings (SSSR count). The van der Waals surface area contributed by atoms with Gasteiger partial charge in [-0.15, -0.1) is 0 Å². The number of hydrogen-bond donors (Lipinski definition) is 3. The average molecular weight is 260 g/mol. The Balaban J connectivity index is 2.91. The lowest BCUT2D eigenvalue weighted by Gasteiger charge is -2.07. The van der Waals surface area contributed by atoms with E-state index in [2.05, 4.69) is 17.2 Å². The molecule has 0 atom stereocenters. The summed E-state index contributed by atoms with van der Waals surface area (Å²) < 4.78 is 0. The first-order valence-electron chi connectivity index (χ1n) is 5.82. The van der Waals surface area contributed by atoms with Crippen LogP contribution >= 0.6 is 0 Å². The molecule has 100 valence electrons. The molecule has 0 aliphatic rings. The van der Waals surface area contributed by atoms with Crippen LogP contribution in [0.25, 0.3) is 0 Å². The summed E-state index contributed by atoms with van der Waals surface area (Å²) in [5.41, 5.74) is 6.88. The SMILES string of the molecule is Cc1c(C#CCCO)cccc1C(=O)NCC(N)=O. The first-order chi connectivity index (χ1) is 9.06. The highest BCUT2D eigenvalue weighted by Crippen LogP contribution is 2.12. The molecule has 0 radical (unpaired) electrons. The molecule has 4 N–H and O–H groups in total. The number of benzene rings is 1. The number of rotatable bonds is 4. The van der Waals surface area contributed by atoms with Crippen LogP contribution in [-0.2, 0) is 4.79 Å². The molecule has 1 aromatic carbocycles. The van der Waals surface area contributed by atoms with Crippen molar-refractivity contribution in [2.24, 2.45) is 5.73 Å². The number of primary amides is 1. The Kier molecular flexibility index (Phi) is 5.58. The fourth-order valence-electron chi connectivity index (χ4n) is 1.49. The summed E-state index contributed by atoms with van der Waals surface area (Å²) in [4.78, 5) is 22.5. The summed E-state index contributed by atoms with van der Waals surface area (Å²) in [5.74, 6) is 4.74. The third-order valence-corrected chi connectivity index (χ3v) is 2.46. The van der Waals surface area contributed by atoms with Crippen molar-refractivity contribution in [3.8, 4) is 11.8 Å². The first kappa shape index (κ1) is 14.7. The van der Waals surface area contributed by atoms with Gasteiger partial charge in [0.2, 0.25) is 5.91 Å². The Morgan fingerprint density at radius 2 is 2.16 bits per heavy atom. The predicted molar refractivity (Wildman–Crippen MR) is 71.3 cm³/mol. The number of aliphatic hydroxyl groups excluding tert-OH is 1. The van der Waals surface area contributed by atoms with E-state index in [0.717, 1.165) is 11.1 Å². The van der Waals surface area contributed by atoms with Crippen LogP contribution in [0.3, 0.4) is 0 Å². The van der Waals surface area contributed by atoms with Crippen molar-refractivity contribution in [2.45, 2.75) is 13.3 Å². The molecule has 0 bridgehead atoms. The second-order valence-corrected chi connectivity index (χ2v) is 3.90. The minimum Gasteiger partial charge on any atom is -0.395 e. The van der Waals surface area contributed by atoms with Crippen molar-refractivity contribution in [1.29, 1.82) is 0 Å². The zero-order valence-electron chi connectivity index (χ0n) is 10.7. The van der Waals surface area contributed by atoms with E-state index < -0.39 is 5.91 Å². The lowest BCUT2D eigenvalue weighted by molar-refractivity contribution is -0.117. The van der Waals surface area contributed by atoms with Gasteiger partial charge in [-0.2, -0.15) is 0 Å². The van der Waals surface area contributed by atoms with E-state index in [9.17, 15) is 9.59 Å². The van der Waals surface area contributed by atoms with Crippen molar-refractivity contribution in [3.05, 3.63) is 34.9 Å². The molecule has 5 nitrogen and oxygen atoms in total. The molecule has 0 heterocycles. The van der Waals surface area contributed by atoms with Gasteiger partial charge in [0.05, 0.1) is 13.2 Å². The summed E-state index contributed by atoms with van der Waals surface area (Å²) in [6, 6.07) is 5.17. The summed E-state index contributed by atoms with van der Waals surface area (Å²) in [7, 11) is 0. The van der Waals surface area contributed by atoms with Crippen LogP contribution in [0.4, 0.5) is 0 Å². The maximum atomic E-state index is 11.8. The lowest BCUT2D eigenvalue weighted by Crippen LogP contribution is -2.33. The van der Waals surface area contributed by atoms with Crippen molar-refractivity contribution >= 4 is 11.8 Å². The van der Waals surface area contributed by atoms with Gasteiger partial charge >= 0.3 is 0 Å². The zero-order valence-corrected chi connectivity index (χ0v) is 10.7. The highest BCUT2D eigenvalue weighted by Gasteiger charge is 2.11. The Labute approximate surface area is 111 Å². The van der Waals surface area contributed by atoms with Crippen molar-refractivity contribution < 1.29 is 14.7 Å². The van der Waals surface area contributed by atoms with E-state index >= 15 is 0 Å². The van der Waals surface area contributed by atoms with Gasteiger partial charge in [-0.25, -0.2) is 0 Å². The molecular formula is C14H16N2O3. The van der Waals surface area contributed by atoms with Gasteiger partial charge in [-0.3, -0.25) is 9.59 Å². The summed E-state index contributed by atoms with van der Waals surface area (Å²) in [5, 5.41) is 11.1. The van der Waals surface area contributed by atoms with Gasteiger partial charge in [-0.05, 0) is 24.6 Å². The Bertz CT molecular complexity index is 541. The second-order valence-electron chi connectivity index (χ2n) is 3.90. The van der Waals surface area contributed by atoms with E-state index in [0.29, 0.717) is 12.0 Å². The van der Waals surface area contributed by atoms with E-state index in [-0.39, 0.29) is 19.1 Å². The molecule has 0 saturated heterocycles. The molecule has 0 spiro atoms. The number of carbonyl (C=O) groups is 2. The van der Waals surface area contributed by atoms with Crippen LogP contribution in [0.5, 0.6) is 0 Å². The van der Waals surface area contributed by atoms with E-state index in [1.165, 1.54) is 0 Å². The quantitative estimate of drug-likeness (QED) is 0.662. The molecule has 0 aromatic heterocycles. The van der Waals surface area contributed by atoms with Gasteiger partial charge in [0, 0.05) is 17.5 Å². The fourth-order valence-corrected chi connectivity index (χ4v) is 1.49. The molecule has 1 aromatic rings. The van der Waals surface area contributed by atoms with Gasteiger partial charge < -0.3 is 16.2 Å². The van der Waals surface area contributed by atoms with Crippen LogP contribution in [0, 0.1) is 18.8 Å². The third kappa shape index (κ3) is 4.45. The van der Waals surface area contributed by atoms with Crippen LogP contribution in [0.2, 0.25) is 0 Å². The molecule has 19 heavy (non-hydrogen) atoms. The monoisotopic (exact) mass is 260 g/mol. The van der Waals surface area contributed by atoms with Crippen LogP contribution in [-0.4, -0.2) is 30.1 Å². The van der Waals surface area contributed by atoms with Gasteiger partial charge in [0.25, 0.3) is 5.91 Å². The molecule has 5 heteroatoms. The number of aliphatic hydroxyl groups is 1. The Morgan fingerprint density at radius 3 is 2.79 bits per heavy atom. The summed E-state index contributed by atoms with van der Waals surface area (Å²) in [6.07, 6.45) is 0.386. The number of nitrogens with one attached hydrogen (secondary N) is 1. The smallest absolute Gasteiger partial charge is 0.252 e. The predicted octanol–water partition coefficient (Wildman–Crippen LogP) is -0.0560. The molecular weight excluding hydrogens is 244 g/mol. The molecule has 0 fully saturated rings. The standard InChI is InChI=1S/C14H16N2O3/c1-10-11(5-2-3-8-17)6-4-7-12(10)14(19)16-9-13(15)18/h4,6-7,17H,3,8-9H2,1H3,(H2,15,18)(H,16,19). The number of nitrogens with two attached hydrogens (primary N) is 1. The zero-order chi connectivity index (χ0) is 14.3. The molecule has 0 unspecified atom stereocenters. The summed E-state index contributed by atoms with van der Waals surface area (Å²) in [6.45, 7) is 1.59. The fraction of sp³-hybridized carbons (Fsp3) is 0.286. The minimum absolute atomic E-state index is 0.00480. The van der Waals surface area contributed by atoms with Crippen LogP contribution in [0.1, 0.15) is 27.9 Å². The maximum absolute atomic E-state index is 11.8. The molecule has 0 saturated carbocycles. The van der Waals surface area contributed by atoms with Gasteiger partial charge in [0.15, 0.2) is 0 Å². The van der Waals surface area contributed by atoms with Crippen LogP contribution in [0.15, 0.2) is 18.2 Å². The Hall–Kier alpha value is -2.32. The van der Waals surface area contributed by atoms with Gasteiger partial charge in [-0.1, -0.05) is 17.9 Å². The van der Waals surface area contributed by atoms with E-state index in [1.807, 2.05) is 0 Å². The molecule has 2 amide bonds. The highest BCUT2D eigenvalue weighted by atomic mass is 16.2. The Morgan fingerprint density at radius 1 is 1.42 bits per heavy atom. The van der Waals surface area contributed by atoms with Gasteiger partial charge in [0.1, 0.15) is 0 Å². The topological polar surface area (TPSA) is 92.4 Å². The maximum Gasteiger partial charge on any atom is 0.252 e. The largest absolute Gasteiger partial charge is 0.395 e. The lowest BCUT2D eigenvalue weighted by atomic mass is 10.0. The summed E-state index contributed by atoms with van der Waals surface area (Å²) >= 11 is 0. The molecule has 0 aliphatic carbocycles. The van der Waals surface area contributed by atoms with Crippen molar-refractivity contribution in [3.63, 3.8) is 0 Å². The van der Waals surface area contributed by atoms with Crippen LogP contribution < -0.4 is 11.1 Å². The number of carbonyl (C=O) groups excluding carboxylic acids is 2. The van der Waals surface area contributed by atoms with E-state index in [1.54, 1.807) is 25.1 Å². The minimum atomic E-state index is -0.593. The van der Waals surface area contributed by atoms with Crippen molar-refractivity contribution in [2.75, 3.05) is 13.2 Å². The number of hydrogen-bond acceptors (Lipinski definition) is 3. The normalized spacial score (nSPS) is 9.37. The molecule has 0 aliphatic heterocycles. The highest BCUT2D eigenvalue weighted by molar-refractivity contribution is 5.98. The first-order valence-corrected chi connectivity index (χ1v) is 5.82. The number of amides is 2. The third-order valence-electron chi connectivity index (χ3n) is 2.46. The second kappa shape index (κ2) is 7.19. The average Bonchev–Trinajstić information content (AvgIpc) is 2.38. The van der Waals surface area contributed by atoms with E-state index in [4.69, 9.17) is 10.8 Å².